The average molecular weight is 673 g/mol. The molecule has 0 aliphatic carbocycles. The largest absolute Gasteiger partial charge is 0.494 e. The third-order valence-electron chi connectivity index (χ3n) is 5.73. The molecule has 0 bridgehead atoms. The third-order valence-corrected chi connectivity index (χ3v) is 6.53. The van der Waals surface area contributed by atoms with Crippen molar-refractivity contribution in [3.8, 4) is 17.2 Å². The van der Waals surface area contributed by atoms with Crippen LogP contribution in [0.1, 0.15) is 37.0 Å². The van der Waals surface area contributed by atoms with Crippen LogP contribution in [0.4, 0.5) is 11.4 Å². The number of nitrogens with one attached hydrogen (secondary N) is 3. The molecule has 10 nitrogen and oxygen atoms in total. The highest BCUT2D eigenvalue weighted by Gasteiger charge is 2.16. The van der Waals surface area contributed by atoms with Crippen LogP contribution in [0.2, 0.25) is 0 Å². The van der Waals surface area contributed by atoms with Gasteiger partial charge in [0, 0.05) is 11.4 Å². The number of aryl methyl sites for hydroxylation is 1. The van der Waals surface area contributed by atoms with Crippen molar-refractivity contribution in [1.29, 1.82) is 0 Å². The van der Waals surface area contributed by atoms with Crippen molar-refractivity contribution in [3.63, 3.8) is 0 Å². The summed E-state index contributed by atoms with van der Waals surface area (Å²) in [6.07, 6.45) is 2.27. The molecule has 0 radical (unpaired) electrons. The van der Waals surface area contributed by atoms with E-state index < -0.39 is 11.8 Å². The summed E-state index contributed by atoms with van der Waals surface area (Å²) >= 11 is 2.07. The normalized spacial score (nSPS) is 10.7. The summed E-state index contributed by atoms with van der Waals surface area (Å²) in [5.41, 5.74) is 6.06. The molecule has 0 saturated heterocycles. The Kier molecular flexibility index (Phi) is 11.9. The zero-order valence-corrected chi connectivity index (χ0v) is 25.5. The number of carbonyl (C=O) groups excluding carboxylic acids is 3. The maximum absolute atomic E-state index is 12.5. The fourth-order valence-electron chi connectivity index (χ4n) is 3.53. The lowest BCUT2D eigenvalue weighted by Gasteiger charge is -2.15. The van der Waals surface area contributed by atoms with E-state index >= 15 is 0 Å². The van der Waals surface area contributed by atoms with Gasteiger partial charge in [-0.15, -0.1) is 0 Å². The van der Waals surface area contributed by atoms with Gasteiger partial charge in [-0.2, -0.15) is 5.10 Å². The number of benzene rings is 3. The lowest BCUT2D eigenvalue weighted by Crippen LogP contribution is -2.32. The summed E-state index contributed by atoms with van der Waals surface area (Å²) in [5.74, 6) is -0.591. The van der Waals surface area contributed by atoms with Gasteiger partial charge in [0.2, 0.25) is 0 Å². The van der Waals surface area contributed by atoms with Gasteiger partial charge in [-0.3, -0.25) is 14.4 Å². The molecule has 0 unspecified atom stereocenters. The van der Waals surface area contributed by atoms with Gasteiger partial charge in [-0.05, 0) is 109 Å². The van der Waals surface area contributed by atoms with E-state index in [-0.39, 0.29) is 12.5 Å². The van der Waals surface area contributed by atoms with Crippen LogP contribution in [0.15, 0.2) is 59.7 Å². The van der Waals surface area contributed by atoms with Crippen molar-refractivity contribution in [3.05, 3.63) is 74.9 Å². The van der Waals surface area contributed by atoms with Crippen molar-refractivity contribution in [2.75, 3.05) is 30.5 Å². The minimum atomic E-state index is -0.929. The molecule has 3 amide bonds. The Hall–Kier alpha value is -4.13. The topological polar surface area (TPSA) is 127 Å². The predicted molar refractivity (Wildman–Crippen MR) is 167 cm³/mol. The zero-order valence-electron chi connectivity index (χ0n) is 23.4. The molecule has 3 aromatic carbocycles. The van der Waals surface area contributed by atoms with Gasteiger partial charge in [-0.25, -0.2) is 5.43 Å². The average Bonchev–Trinajstić information content (AvgIpc) is 2.94. The first-order valence-corrected chi connectivity index (χ1v) is 14.1. The third kappa shape index (κ3) is 9.48. The molecule has 0 spiro atoms. The van der Waals surface area contributed by atoms with E-state index in [1.807, 2.05) is 45.9 Å². The molecule has 216 valence electrons. The highest BCUT2D eigenvalue weighted by Crippen LogP contribution is 2.34. The van der Waals surface area contributed by atoms with E-state index in [2.05, 4.69) is 43.8 Å². The highest BCUT2D eigenvalue weighted by molar-refractivity contribution is 14.1. The van der Waals surface area contributed by atoms with Crippen molar-refractivity contribution in [2.45, 2.75) is 34.1 Å². The Balaban J connectivity index is 1.58. The van der Waals surface area contributed by atoms with Crippen LogP contribution < -0.4 is 30.3 Å². The number of nitrogens with zero attached hydrogens (tertiary/aromatic N) is 1. The summed E-state index contributed by atoms with van der Waals surface area (Å²) in [6.45, 7) is 8.51. The molecule has 0 aliphatic heterocycles. The minimum absolute atomic E-state index is 0.212. The van der Waals surface area contributed by atoms with Crippen molar-refractivity contribution in [1.82, 2.24) is 5.43 Å². The van der Waals surface area contributed by atoms with Crippen LogP contribution >= 0.6 is 22.6 Å². The smallest absolute Gasteiger partial charge is 0.329 e. The van der Waals surface area contributed by atoms with Crippen molar-refractivity contribution >= 4 is 57.9 Å². The summed E-state index contributed by atoms with van der Waals surface area (Å²) in [7, 11) is 0. The van der Waals surface area contributed by atoms with E-state index in [4.69, 9.17) is 14.2 Å². The number of rotatable bonds is 12. The Morgan fingerprint density at radius 1 is 0.927 bits per heavy atom. The summed E-state index contributed by atoms with van der Waals surface area (Å²) < 4.78 is 17.7. The quantitative estimate of drug-likeness (QED) is 0.105. The van der Waals surface area contributed by atoms with E-state index in [9.17, 15) is 14.4 Å². The first kappa shape index (κ1) is 31.4. The molecule has 0 atom stereocenters. The van der Waals surface area contributed by atoms with Crippen LogP contribution in [0.5, 0.6) is 17.2 Å². The molecule has 0 heterocycles. The van der Waals surface area contributed by atoms with Gasteiger partial charge in [0.1, 0.15) is 5.75 Å². The number of hydrazone groups is 1. The van der Waals surface area contributed by atoms with E-state index in [1.54, 1.807) is 36.4 Å². The van der Waals surface area contributed by atoms with Gasteiger partial charge in [0.05, 0.1) is 23.0 Å². The maximum atomic E-state index is 12.5. The Labute approximate surface area is 253 Å². The molecule has 3 aromatic rings. The Morgan fingerprint density at radius 3 is 2.39 bits per heavy atom. The van der Waals surface area contributed by atoms with Crippen LogP contribution in [0.25, 0.3) is 0 Å². The zero-order chi connectivity index (χ0) is 29.8. The van der Waals surface area contributed by atoms with Crippen LogP contribution in [-0.4, -0.2) is 43.8 Å². The number of halogens is 1. The molecule has 0 aliphatic rings. The number of anilines is 2. The Morgan fingerprint density at radius 2 is 1.68 bits per heavy atom. The second kappa shape index (κ2) is 15.6. The molecule has 0 aromatic heterocycles. The number of hydrogen-bond acceptors (Lipinski definition) is 7. The molecule has 3 N–H and O–H groups in total. The van der Waals surface area contributed by atoms with Crippen molar-refractivity contribution < 1.29 is 28.6 Å². The summed E-state index contributed by atoms with van der Waals surface area (Å²) in [4.78, 5) is 37.0. The lowest BCUT2D eigenvalue weighted by molar-refractivity contribution is -0.136. The first-order valence-electron chi connectivity index (χ1n) is 13.0. The number of carbonyl (C=O) groups is 3. The van der Waals surface area contributed by atoms with Gasteiger partial charge in [-0.1, -0.05) is 19.1 Å². The molecular weight excluding hydrogens is 639 g/mol. The molecule has 0 fully saturated rings. The molecular formula is C30H33IN4O6. The number of hydrogen-bond donors (Lipinski definition) is 3. The van der Waals surface area contributed by atoms with Gasteiger partial charge >= 0.3 is 11.8 Å². The molecule has 41 heavy (non-hydrogen) atoms. The summed E-state index contributed by atoms with van der Waals surface area (Å²) in [5, 5.41) is 9.27. The van der Waals surface area contributed by atoms with Crippen LogP contribution in [0, 0.1) is 17.4 Å². The SMILES string of the molecule is CCCOc1ccc(NC(=O)C(=O)N/N=C\c2cc(I)c(OCC(=O)Nc3cccc(C)c3C)c(OCC)c2)cc1. The molecule has 0 saturated carbocycles. The fourth-order valence-corrected chi connectivity index (χ4v) is 4.32. The monoisotopic (exact) mass is 672 g/mol. The second-order valence-electron chi connectivity index (χ2n) is 8.87. The first-order chi connectivity index (χ1) is 19.7. The van der Waals surface area contributed by atoms with Gasteiger partial charge in [0.25, 0.3) is 5.91 Å². The molecule has 3 rings (SSSR count). The maximum Gasteiger partial charge on any atom is 0.329 e. The van der Waals surface area contributed by atoms with Crippen LogP contribution in [-0.2, 0) is 14.4 Å². The van der Waals surface area contributed by atoms with Gasteiger partial charge < -0.3 is 24.8 Å². The Bertz CT molecular complexity index is 1410. The summed E-state index contributed by atoms with van der Waals surface area (Å²) in [6, 6.07) is 15.8. The minimum Gasteiger partial charge on any atom is -0.494 e. The number of ether oxygens (including phenoxy) is 3. The van der Waals surface area contributed by atoms with E-state index in [0.717, 1.165) is 23.2 Å². The molecule has 11 heteroatoms. The number of amides is 3. The van der Waals surface area contributed by atoms with Crippen LogP contribution in [0.3, 0.4) is 0 Å². The highest BCUT2D eigenvalue weighted by atomic mass is 127. The van der Waals surface area contributed by atoms with E-state index in [1.165, 1.54) is 6.21 Å². The van der Waals surface area contributed by atoms with Gasteiger partial charge in [0.15, 0.2) is 18.1 Å². The predicted octanol–water partition coefficient (Wildman–Crippen LogP) is 5.20. The standard InChI is InChI=1S/C30H33IN4O6/c1-5-14-40-23-12-10-22(11-13-23)33-29(37)30(38)35-32-17-21-15-24(31)28(26(16-21)39-6-2)41-18-27(36)34-25-9-7-8-19(3)20(25)4/h7-13,15-17H,5-6,14,18H2,1-4H3,(H,33,37)(H,34,36)(H,35,38)/b32-17-. The second-order valence-corrected chi connectivity index (χ2v) is 10.0. The fraction of sp³-hybridized carbons (Fsp3) is 0.267. The van der Waals surface area contributed by atoms with Crippen molar-refractivity contribution in [2.24, 2.45) is 5.10 Å². The lowest BCUT2D eigenvalue weighted by atomic mass is 10.1. The van der Waals surface area contributed by atoms with E-state index in [0.29, 0.717) is 45.3 Å².